The summed E-state index contributed by atoms with van der Waals surface area (Å²) in [5.74, 6) is 0. The SMILES string of the molecule is CCCNCc1ccc(CN(CC)C2CCCCC2)cc1. The molecule has 0 amide bonds. The monoisotopic (exact) mass is 288 g/mol. The lowest BCUT2D eigenvalue weighted by molar-refractivity contribution is 0.156. The maximum absolute atomic E-state index is 3.46. The van der Waals surface area contributed by atoms with Gasteiger partial charge < -0.3 is 5.32 Å². The summed E-state index contributed by atoms with van der Waals surface area (Å²) in [6, 6.07) is 10.0. The molecular formula is C19H32N2. The number of hydrogen-bond donors (Lipinski definition) is 1. The minimum absolute atomic E-state index is 0.814. The van der Waals surface area contributed by atoms with Crippen molar-refractivity contribution < 1.29 is 0 Å². The van der Waals surface area contributed by atoms with Gasteiger partial charge in [-0.2, -0.15) is 0 Å². The molecule has 0 spiro atoms. The van der Waals surface area contributed by atoms with E-state index >= 15 is 0 Å². The van der Waals surface area contributed by atoms with Gasteiger partial charge in [-0.25, -0.2) is 0 Å². The molecule has 2 nitrogen and oxygen atoms in total. The van der Waals surface area contributed by atoms with E-state index in [1.165, 1.54) is 56.2 Å². The molecule has 1 fully saturated rings. The predicted molar refractivity (Wildman–Crippen MR) is 91.4 cm³/mol. The van der Waals surface area contributed by atoms with Crippen LogP contribution in [0.5, 0.6) is 0 Å². The van der Waals surface area contributed by atoms with Crippen molar-refractivity contribution in [2.75, 3.05) is 13.1 Å². The first-order valence-electron chi connectivity index (χ1n) is 8.86. The van der Waals surface area contributed by atoms with Gasteiger partial charge in [-0.05, 0) is 43.5 Å². The Morgan fingerprint density at radius 1 is 1.00 bits per heavy atom. The second kappa shape index (κ2) is 9.22. The van der Waals surface area contributed by atoms with Crippen LogP contribution >= 0.6 is 0 Å². The normalized spacial score (nSPS) is 16.5. The molecule has 1 saturated carbocycles. The molecule has 0 aromatic heterocycles. The molecule has 0 unspecified atom stereocenters. The molecule has 118 valence electrons. The molecule has 0 saturated heterocycles. The summed E-state index contributed by atoms with van der Waals surface area (Å²) >= 11 is 0. The quantitative estimate of drug-likeness (QED) is 0.716. The highest BCUT2D eigenvalue weighted by Gasteiger charge is 2.19. The lowest BCUT2D eigenvalue weighted by Crippen LogP contribution is -2.36. The van der Waals surface area contributed by atoms with E-state index in [0.717, 1.165) is 25.7 Å². The van der Waals surface area contributed by atoms with Crippen LogP contribution in [0.1, 0.15) is 63.5 Å². The molecule has 0 atom stereocenters. The Labute approximate surface area is 130 Å². The fraction of sp³-hybridized carbons (Fsp3) is 0.684. The summed E-state index contributed by atoms with van der Waals surface area (Å²) in [4.78, 5) is 2.67. The van der Waals surface area contributed by atoms with Crippen molar-refractivity contribution >= 4 is 0 Å². The highest BCUT2D eigenvalue weighted by Crippen LogP contribution is 2.23. The van der Waals surface area contributed by atoms with Gasteiger partial charge in [0.25, 0.3) is 0 Å². The van der Waals surface area contributed by atoms with Gasteiger partial charge in [-0.15, -0.1) is 0 Å². The van der Waals surface area contributed by atoms with Crippen molar-refractivity contribution in [2.45, 2.75) is 71.5 Å². The van der Waals surface area contributed by atoms with Gasteiger partial charge >= 0.3 is 0 Å². The van der Waals surface area contributed by atoms with E-state index in [0.29, 0.717) is 0 Å². The van der Waals surface area contributed by atoms with Crippen LogP contribution in [-0.2, 0) is 13.1 Å². The molecule has 1 aromatic rings. The number of benzene rings is 1. The van der Waals surface area contributed by atoms with Crippen molar-refractivity contribution in [1.29, 1.82) is 0 Å². The molecule has 1 aliphatic rings. The Kier molecular flexibility index (Phi) is 7.25. The minimum atomic E-state index is 0.814. The lowest BCUT2D eigenvalue weighted by Gasteiger charge is -2.33. The first-order valence-corrected chi connectivity index (χ1v) is 8.86. The van der Waals surface area contributed by atoms with Crippen LogP contribution in [0.4, 0.5) is 0 Å². The highest BCUT2D eigenvalue weighted by molar-refractivity contribution is 5.22. The summed E-state index contributed by atoms with van der Waals surface area (Å²) in [5, 5.41) is 3.46. The van der Waals surface area contributed by atoms with Gasteiger partial charge in [0.05, 0.1) is 0 Å². The van der Waals surface area contributed by atoms with E-state index in [4.69, 9.17) is 0 Å². The molecule has 0 bridgehead atoms. The van der Waals surface area contributed by atoms with Gasteiger partial charge in [0.2, 0.25) is 0 Å². The van der Waals surface area contributed by atoms with Crippen molar-refractivity contribution in [3.63, 3.8) is 0 Å². The zero-order chi connectivity index (χ0) is 14.9. The van der Waals surface area contributed by atoms with Crippen molar-refractivity contribution in [1.82, 2.24) is 10.2 Å². The Hall–Kier alpha value is -0.860. The van der Waals surface area contributed by atoms with E-state index in [2.05, 4.69) is 48.3 Å². The van der Waals surface area contributed by atoms with Gasteiger partial charge in [0, 0.05) is 19.1 Å². The number of nitrogens with zero attached hydrogens (tertiary/aromatic N) is 1. The Balaban J connectivity index is 1.85. The van der Waals surface area contributed by atoms with E-state index in [-0.39, 0.29) is 0 Å². The van der Waals surface area contributed by atoms with E-state index in [1.54, 1.807) is 0 Å². The zero-order valence-corrected chi connectivity index (χ0v) is 13.9. The average Bonchev–Trinajstić information content (AvgIpc) is 2.55. The van der Waals surface area contributed by atoms with E-state index in [1.807, 2.05) is 0 Å². The van der Waals surface area contributed by atoms with E-state index < -0.39 is 0 Å². The molecule has 0 heterocycles. The number of hydrogen-bond acceptors (Lipinski definition) is 2. The largest absolute Gasteiger partial charge is 0.313 e. The third-order valence-electron chi connectivity index (χ3n) is 4.66. The lowest BCUT2D eigenvalue weighted by atomic mass is 9.94. The molecule has 1 aliphatic carbocycles. The summed E-state index contributed by atoms with van der Waals surface area (Å²) in [6.07, 6.45) is 8.27. The fourth-order valence-corrected chi connectivity index (χ4v) is 3.35. The van der Waals surface area contributed by atoms with Crippen LogP contribution in [0.15, 0.2) is 24.3 Å². The average molecular weight is 288 g/mol. The molecule has 1 N–H and O–H groups in total. The molecule has 2 rings (SSSR count). The first kappa shape index (κ1) is 16.5. The fourth-order valence-electron chi connectivity index (χ4n) is 3.35. The zero-order valence-electron chi connectivity index (χ0n) is 13.9. The summed E-state index contributed by atoms with van der Waals surface area (Å²) in [5.41, 5.74) is 2.86. The van der Waals surface area contributed by atoms with E-state index in [9.17, 15) is 0 Å². The second-order valence-corrected chi connectivity index (χ2v) is 6.35. The van der Waals surface area contributed by atoms with Crippen molar-refractivity contribution in [3.8, 4) is 0 Å². The van der Waals surface area contributed by atoms with Crippen LogP contribution in [0.25, 0.3) is 0 Å². The van der Waals surface area contributed by atoms with Crippen LogP contribution in [0.2, 0.25) is 0 Å². The molecule has 0 radical (unpaired) electrons. The predicted octanol–water partition coefficient (Wildman–Crippen LogP) is 4.34. The van der Waals surface area contributed by atoms with Crippen LogP contribution in [-0.4, -0.2) is 24.0 Å². The van der Waals surface area contributed by atoms with Crippen molar-refractivity contribution in [3.05, 3.63) is 35.4 Å². The Bertz CT molecular complexity index is 379. The molecule has 0 aliphatic heterocycles. The number of nitrogens with one attached hydrogen (secondary N) is 1. The maximum Gasteiger partial charge on any atom is 0.0236 e. The van der Waals surface area contributed by atoms with Gasteiger partial charge in [0.1, 0.15) is 0 Å². The Morgan fingerprint density at radius 2 is 1.67 bits per heavy atom. The standard InChI is InChI=1S/C19H32N2/c1-3-14-20-15-17-10-12-18(13-11-17)16-21(4-2)19-8-6-5-7-9-19/h10-13,19-20H,3-9,14-16H2,1-2H3. The molecule has 2 heteroatoms. The first-order chi connectivity index (χ1) is 10.3. The van der Waals surface area contributed by atoms with Crippen LogP contribution < -0.4 is 5.32 Å². The maximum atomic E-state index is 3.46. The topological polar surface area (TPSA) is 15.3 Å². The smallest absolute Gasteiger partial charge is 0.0236 e. The summed E-state index contributed by atoms with van der Waals surface area (Å²) in [6.45, 7) is 8.90. The summed E-state index contributed by atoms with van der Waals surface area (Å²) < 4.78 is 0. The summed E-state index contributed by atoms with van der Waals surface area (Å²) in [7, 11) is 0. The Morgan fingerprint density at radius 3 is 2.29 bits per heavy atom. The third kappa shape index (κ3) is 5.44. The van der Waals surface area contributed by atoms with Gasteiger partial charge in [0.15, 0.2) is 0 Å². The minimum Gasteiger partial charge on any atom is -0.313 e. The van der Waals surface area contributed by atoms with Gasteiger partial charge in [-0.3, -0.25) is 4.90 Å². The molecule has 21 heavy (non-hydrogen) atoms. The second-order valence-electron chi connectivity index (χ2n) is 6.35. The van der Waals surface area contributed by atoms with Crippen LogP contribution in [0.3, 0.4) is 0 Å². The van der Waals surface area contributed by atoms with Gasteiger partial charge in [-0.1, -0.05) is 57.4 Å². The van der Waals surface area contributed by atoms with Crippen LogP contribution in [0, 0.1) is 0 Å². The highest BCUT2D eigenvalue weighted by atomic mass is 15.1. The van der Waals surface area contributed by atoms with Crippen molar-refractivity contribution in [2.24, 2.45) is 0 Å². The number of rotatable bonds is 8. The molecule has 1 aromatic carbocycles. The third-order valence-corrected chi connectivity index (χ3v) is 4.66. The molecular weight excluding hydrogens is 256 g/mol.